The Hall–Kier alpha value is -2.07. The molecule has 0 aliphatic heterocycles. The second kappa shape index (κ2) is 7.64. The van der Waals surface area contributed by atoms with E-state index in [-0.39, 0.29) is 6.04 Å². The minimum atomic E-state index is -0.435. The maximum Gasteiger partial charge on any atom is 0.161 e. The summed E-state index contributed by atoms with van der Waals surface area (Å²) < 4.78 is 23.5. The Kier molecular flexibility index (Phi) is 5.58. The number of hydrogen-bond donors (Lipinski definition) is 1. The topological polar surface area (TPSA) is 44.5 Å². The number of methoxy groups -OCH3 is 1. The van der Waals surface area contributed by atoms with Crippen molar-refractivity contribution in [2.45, 2.75) is 19.1 Å². The summed E-state index contributed by atoms with van der Waals surface area (Å²) in [7, 11) is 1.58. The molecule has 0 aliphatic carbocycles. The molecule has 0 saturated carbocycles. The third-order valence-corrected chi connectivity index (χ3v) is 3.27. The molecule has 112 valence electrons. The van der Waals surface area contributed by atoms with E-state index < -0.39 is 6.67 Å². The number of ether oxygens (including phenoxy) is 2. The molecule has 0 unspecified atom stereocenters. The van der Waals surface area contributed by atoms with Gasteiger partial charge in [0.25, 0.3) is 0 Å². The van der Waals surface area contributed by atoms with Crippen LogP contribution >= 0.6 is 0 Å². The second-order valence-corrected chi connectivity index (χ2v) is 4.77. The molecule has 0 aliphatic rings. The van der Waals surface area contributed by atoms with E-state index in [0.717, 1.165) is 11.1 Å². The van der Waals surface area contributed by atoms with Crippen molar-refractivity contribution in [1.82, 2.24) is 0 Å². The van der Waals surface area contributed by atoms with E-state index >= 15 is 0 Å². The second-order valence-electron chi connectivity index (χ2n) is 4.77. The lowest BCUT2D eigenvalue weighted by Crippen LogP contribution is -2.11. The van der Waals surface area contributed by atoms with Gasteiger partial charge >= 0.3 is 0 Å². The molecule has 2 N–H and O–H groups in total. The summed E-state index contributed by atoms with van der Waals surface area (Å²) in [5.74, 6) is 1.26. The first-order valence-electron chi connectivity index (χ1n) is 6.90. The number of alkyl halides is 1. The van der Waals surface area contributed by atoms with Crippen LogP contribution in [0.3, 0.4) is 0 Å². The third-order valence-electron chi connectivity index (χ3n) is 3.27. The average molecular weight is 289 g/mol. The van der Waals surface area contributed by atoms with E-state index in [4.69, 9.17) is 15.2 Å². The first-order chi connectivity index (χ1) is 10.2. The summed E-state index contributed by atoms with van der Waals surface area (Å²) in [5.41, 5.74) is 7.83. The molecule has 0 bridgehead atoms. The summed E-state index contributed by atoms with van der Waals surface area (Å²) >= 11 is 0. The standard InChI is InChI=1S/C17H20FNO2/c1-20-17-11-14(15(19)9-10-18)7-8-16(17)21-12-13-5-3-2-4-6-13/h2-8,11,15H,9-10,12,19H2,1H3/t15-/m1/s1. The zero-order valence-corrected chi connectivity index (χ0v) is 12.1. The van der Waals surface area contributed by atoms with Gasteiger partial charge in [-0.3, -0.25) is 4.39 Å². The zero-order valence-electron chi connectivity index (χ0n) is 12.1. The Balaban J connectivity index is 2.09. The highest BCUT2D eigenvalue weighted by Gasteiger charge is 2.11. The first kappa shape index (κ1) is 15.3. The van der Waals surface area contributed by atoms with Crippen molar-refractivity contribution in [2.75, 3.05) is 13.8 Å². The molecule has 0 saturated heterocycles. The van der Waals surface area contributed by atoms with Crippen LogP contribution in [0.4, 0.5) is 4.39 Å². The fourth-order valence-electron chi connectivity index (χ4n) is 2.05. The van der Waals surface area contributed by atoms with Crippen LogP contribution in [-0.2, 0) is 6.61 Å². The molecule has 2 aromatic rings. The maximum atomic E-state index is 12.4. The lowest BCUT2D eigenvalue weighted by Gasteiger charge is -2.15. The predicted octanol–water partition coefficient (Wildman–Crippen LogP) is 3.63. The molecular formula is C17H20FNO2. The van der Waals surface area contributed by atoms with Crippen LogP contribution in [0.1, 0.15) is 23.6 Å². The van der Waals surface area contributed by atoms with E-state index in [0.29, 0.717) is 24.5 Å². The van der Waals surface area contributed by atoms with Crippen LogP contribution in [0, 0.1) is 0 Å². The van der Waals surface area contributed by atoms with Crippen molar-refractivity contribution >= 4 is 0 Å². The fourth-order valence-corrected chi connectivity index (χ4v) is 2.05. The van der Waals surface area contributed by atoms with Gasteiger partial charge in [0.2, 0.25) is 0 Å². The van der Waals surface area contributed by atoms with Gasteiger partial charge in [0, 0.05) is 6.04 Å². The van der Waals surface area contributed by atoms with Crippen molar-refractivity contribution in [3.8, 4) is 11.5 Å². The quantitative estimate of drug-likeness (QED) is 0.846. The summed E-state index contributed by atoms with van der Waals surface area (Å²) in [6.45, 7) is 0.0306. The lowest BCUT2D eigenvalue weighted by atomic mass is 10.0. The molecule has 0 radical (unpaired) electrons. The summed E-state index contributed by atoms with van der Waals surface area (Å²) in [4.78, 5) is 0. The molecule has 0 amide bonds. The number of benzene rings is 2. The van der Waals surface area contributed by atoms with Gasteiger partial charge in [-0.2, -0.15) is 0 Å². The molecule has 2 rings (SSSR count). The van der Waals surface area contributed by atoms with Crippen molar-refractivity contribution in [2.24, 2.45) is 5.73 Å². The number of nitrogens with two attached hydrogens (primary N) is 1. The highest BCUT2D eigenvalue weighted by atomic mass is 19.1. The molecule has 1 atom stereocenters. The Morgan fingerprint density at radius 3 is 2.52 bits per heavy atom. The minimum absolute atomic E-state index is 0.299. The van der Waals surface area contributed by atoms with Gasteiger partial charge in [-0.05, 0) is 29.7 Å². The highest BCUT2D eigenvalue weighted by Crippen LogP contribution is 2.31. The smallest absolute Gasteiger partial charge is 0.161 e. The molecule has 21 heavy (non-hydrogen) atoms. The maximum absolute atomic E-state index is 12.4. The van der Waals surface area contributed by atoms with Gasteiger partial charge in [0.1, 0.15) is 6.61 Å². The van der Waals surface area contributed by atoms with E-state index in [2.05, 4.69) is 0 Å². The van der Waals surface area contributed by atoms with Crippen LogP contribution in [0.2, 0.25) is 0 Å². The van der Waals surface area contributed by atoms with Gasteiger partial charge in [0.15, 0.2) is 11.5 Å². The molecule has 4 heteroatoms. The molecule has 3 nitrogen and oxygen atoms in total. The van der Waals surface area contributed by atoms with E-state index in [1.807, 2.05) is 42.5 Å². The Morgan fingerprint density at radius 1 is 1.10 bits per heavy atom. The largest absolute Gasteiger partial charge is 0.493 e. The summed E-state index contributed by atoms with van der Waals surface area (Å²) in [5, 5.41) is 0. The van der Waals surface area contributed by atoms with Gasteiger partial charge < -0.3 is 15.2 Å². The van der Waals surface area contributed by atoms with Gasteiger partial charge in [0.05, 0.1) is 13.8 Å². The van der Waals surface area contributed by atoms with E-state index in [1.54, 1.807) is 13.2 Å². The Morgan fingerprint density at radius 2 is 1.86 bits per heavy atom. The van der Waals surface area contributed by atoms with Crippen molar-refractivity contribution in [3.63, 3.8) is 0 Å². The first-order valence-corrected chi connectivity index (χ1v) is 6.90. The molecule has 0 spiro atoms. The molecule has 0 fully saturated rings. The van der Waals surface area contributed by atoms with Crippen molar-refractivity contribution < 1.29 is 13.9 Å². The number of hydrogen-bond acceptors (Lipinski definition) is 3. The Bertz CT molecular complexity index is 560. The molecule has 0 heterocycles. The zero-order chi connectivity index (χ0) is 15.1. The van der Waals surface area contributed by atoms with Crippen molar-refractivity contribution in [3.05, 3.63) is 59.7 Å². The van der Waals surface area contributed by atoms with Crippen LogP contribution in [0.25, 0.3) is 0 Å². The molecular weight excluding hydrogens is 269 g/mol. The summed E-state index contributed by atoms with van der Waals surface area (Å²) in [6, 6.07) is 15.0. The summed E-state index contributed by atoms with van der Waals surface area (Å²) in [6.07, 6.45) is 0.299. The average Bonchev–Trinajstić information content (AvgIpc) is 2.54. The van der Waals surface area contributed by atoms with Crippen LogP contribution in [0.5, 0.6) is 11.5 Å². The monoisotopic (exact) mass is 289 g/mol. The van der Waals surface area contributed by atoms with Gasteiger partial charge in [-0.25, -0.2) is 0 Å². The number of rotatable bonds is 7. The third kappa shape index (κ3) is 4.20. The minimum Gasteiger partial charge on any atom is -0.493 e. The van der Waals surface area contributed by atoms with Crippen molar-refractivity contribution in [1.29, 1.82) is 0 Å². The fraction of sp³-hybridized carbons (Fsp3) is 0.294. The lowest BCUT2D eigenvalue weighted by molar-refractivity contribution is 0.284. The molecule has 0 aromatic heterocycles. The highest BCUT2D eigenvalue weighted by molar-refractivity contribution is 5.44. The Labute approximate surface area is 124 Å². The van der Waals surface area contributed by atoms with Gasteiger partial charge in [-0.1, -0.05) is 36.4 Å². The van der Waals surface area contributed by atoms with E-state index in [1.165, 1.54) is 0 Å². The number of halogens is 1. The van der Waals surface area contributed by atoms with Crippen LogP contribution in [-0.4, -0.2) is 13.8 Å². The van der Waals surface area contributed by atoms with Crippen LogP contribution < -0.4 is 15.2 Å². The SMILES string of the molecule is COc1cc([C@H](N)CCF)ccc1OCc1ccccc1. The van der Waals surface area contributed by atoms with Crippen LogP contribution in [0.15, 0.2) is 48.5 Å². The normalized spacial score (nSPS) is 12.0. The molecule has 2 aromatic carbocycles. The van der Waals surface area contributed by atoms with Gasteiger partial charge in [-0.15, -0.1) is 0 Å². The van der Waals surface area contributed by atoms with E-state index in [9.17, 15) is 4.39 Å². The predicted molar refractivity (Wildman–Crippen MR) is 81.3 cm³/mol.